The Morgan fingerprint density at radius 3 is 2.75 bits per heavy atom. The van der Waals surface area contributed by atoms with Gasteiger partial charge in [-0.3, -0.25) is 9.71 Å². The summed E-state index contributed by atoms with van der Waals surface area (Å²) < 4.78 is 23.7. The van der Waals surface area contributed by atoms with Gasteiger partial charge in [0.25, 0.3) is 0 Å². The van der Waals surface area contributed by atoms with Crippen LogP contribution in [0.1, 0.15) is 0 Å². The van der Waals surface area contributed by atoms with Crippen molar-refractivity contribution in [3.05, 3.63) is 23.5 Å². The number of rotatable bonds is 2. The number of nitrogens with one attached hydrogen (secondary N) is 1. The molecule has 0 fully saturated rings. The highest BCUT2D eigenvalue weighted by Gasteiger charge is 2.04. The van der Waals surface area contributed by atoms with Crippen LogP contribution < -0.4 is 4.72 Å². The van der Waals surface area contributed by atoms with E-state index in [0.29, 0.717) is 10.7 Å². The molecule has 0 amide bonds. The summed E-state index contributed by atoms with van der Waals surface area (Å²) in [5.41, 5.74) is 0.293. The number of pyridine rings is 1. The SMILES string of the molecule is CS(=O)(=O)Nc1cnccc1Cl. The van der Waals surface area contributed by atoms with Crippen LogP contribution in [0.25, 0.3) is 0 Å². The topological polar surface area (TPSA) is 59.1 Å². The van der Waals surface area contributed by atoms with Crippen molar-refractivity contribution in [2.45, 2.75) is 0 Å². The van der Waals surface area contributed by atoms with Gasteiger partial charge in [0.1, 0.15) is 0 Å². The standard InChI is InChI=1S/C6H7ClN2O2S/c1-12(10,11)9-6-4-8-3-2-5(6)7/h2-4,9H,1H3. The van der Waals surface area contributed by atoms with Crippen LogP contribution >= 0.6 is 11.6 Å². The molecule has 1 aromatic rings. The normalized spacial score (nSPS) is 11.2. The molecule has 0 atom stereocenters. The number of sulfonamides is 1. The largest absolute Gasteiger partial charge is 0.281 e. The summed E-state index contributed by atoms with van der Waals surface area (Å²) in [6, 6.07) is 1.51. The van der Waals surface area contributed by atoms with Gasteiger partial charge in [0.2, 0.25) is 10.0 Å². The van der Waals surface area contributed by atoms with Crippen molar-refractivity contribution in [1.29, 1.82) is 0 Å². The van der Waals surface area contributed by atoms with Crippen molar-refractivity contribution in [1.82, 2.24) is 4.98 Å². The quantitative estimate of drug-likeness (QED) is 0.789. The molecule has 0 aliphatic carbocycles. The van der Waals surface area contributed by atoms with E-state index in [2.05, 4.69) is 9.71 Å². The fourth-order valence-corrected chi connectivity index (χ4v) is 1.42. The minimum Gasteiger partial charge on any atom is -0.281 e. The zero-order valence-corrected chi connectivity index (χ0v) is 7.85. The number of nitrogens with zero attached hydrogens (tertiary/aromatic N) is 1. The Kier molecular flexibility index (Phi) is 2.54. The molecule has 1 N–H and O–H groups in total. The van der Waals surface area contributed by atoms with Gasteiger partial charge in [-0.1, -0.05) is 11.6 Å². The molecular weight excluding hydrogens is 200 g/mol. The Morgan fingerprint density at radius 1 is 1.58 bits per heavy atom. The predicted molar refractivity (Wildman–Crippen MR) is 47.7 cm³/mol. The first-order valence-corrected chi connectivity index (χ1v) is 5.33. The molecule has 0 radical (unpaired) electrons. The third-order valence-electron chi connectivity index (χ3n) is 1.06. The van der Waals surface area contributed by atoms with Crippen LogP contribution in [0.3, 0.4) is 0 Å². The minimum absolute atomic E-state index is 0.293. The second-order valence-electron chi connectivity index (χ2n) is 2.23. The van der Waals surface area contributed by atoms with Crippen LogP contribution in [0, 0.1) is 0 Å². The molecule has 1 rings (SSSR count). The van der Waals surface area contributed by atoms with E-state index in [1.165, 1.54) is 18.5 Å². The second-order valence-corrected chi connectivity index (χ2v) is 4.39. The molecule has 0 bridgehead atoms. The highest BCUT2D eigenvalue weighted by Crippen LogP contribution is 2.19. The zero-order chi connectivity index (χ0) is 9.19. The van der Waals surface area contributed by atoms with Gasteiger partial charge in [0.05, 0.1) is 23.2 Å². The molecule has 1 aromatic heterocycles. The molecule has 0 aliphatic rings. The molecule has 1 heterocycles. The van der Waals surface area contributed by atoms with Crippen LogP contribution in [-0.4, -0.2) is 19.7 Å². The highest BCUT2D eigenvalue weighted by atomic mass is 35.5. The zero-order valence-electron chi connectivity index (χ0n) is 6.28. The summed E-state index contributed by atoms with van der Waals surface area (Å²) in [6.07, 6.45) is 3.88. The summed E-state index contributed by atoms with van der Waals surface area (Å²) in [6.45, 7) is 0. The van der Waals surface area contributed by atoms with Gasteiger partial charge >= 0.3 is 0 Å². The number of aromatic nitrogens is 1. The van der Waals surface area contributed by atoms with E-state index in [1.54, 1.807) is 0 Å². The van der Waals surface area contributed by atoms with Crippen molar-refractivity contribution < 1.29 is 8.42 Å². The summed E-state index contributed by atoms with van der Waals surface area (Å²) in [5, 5.41) is 0.329. The maximum Gasteiger partial charge on any atom is 0.229 e. The summed E-state index contributed by atoms with van der Waals surface area (Å²) in [7, 11) is -3.27. The molecular formula is C6H7ClN2O2S. The smallest absolute Gasteiger partial charge is 0.229 e. The Morgan fingerprint density at radius 2 is 2.25 bits per heavy atom. The van der Waals surface area contributed by atoms with Crippen molar-refractivity contribution >= 4 is 27.3 Å². The average Bonchev–Trinajstić information content (AvgIpc) is 1.91. The average molecular weight is 207 g/mol. The summed E-state index contributed by atoms with van der Waals surface area (Å²) in [5.74, 6) is 0. The van der Waals surface area contributed by atoms with Gasteiger partial charge in [0, 0.05) is 6.20 Å². The minimum atomic E-state index is -3.27. The van der Waals surface area contributed by atoms with Gasteiger partial charge < -0.3 is 0 Å². The molecule has 6 heteroatoms. The lowest BCUT2D eigenvalue weighted by Gasteiger charge is -2.03. The summed E-state index contributed by atoms with van der Waals surface area (Å²) >= 11 is 5.66. The lowest BCUT2D eigenvalue weighted by Crippen LogP contribution is -2.09. The molecule has 12 heavy (non-hydrogen) atoms. The number of anilines is 1. The molecule has 0 saturated carbocycles. The molecule has 4 nitrogen and oxygen atoms in total. The van der Waals surface area contributed by atoms with E-state index in [-0.39, 0.29) is 0 Å². The number of hydrogen-bond acceptors (Lipinski definition) is 3. The first kappa shape index (κ1) is 9.28. The highest BCUT2D eigenvalue weighted by molar-refractivity contribution is 7.92. The summed E-state index contributed by atoms with van der Waals surface area (Å²) in [4.78, 5) is 3.72. The van der Waals surface area contributed by atoms with Gasteiger partial charge in [-0.15, -0.1) is 0 Å². The van der Waals surface area contributed by atoms with Crippen LogP contribution in [-0.2, 0) is 10.0 Å². The maximum atomic E-state index is 10.8. The van der Waals surface area contributed by atoms with E-state index in [1.807, 2.05) is 0 Å². The molecule has 0 aromatic carbocycles. The van der Waals surface area contributed by atoms with E-state index >= 15 is 0 Å². The van der Waals surface area contributed by atoms with Crippen molar-refractivity contribution in [2.75, 3.05) is 11.0 Å². The second kappa shape index (κ2) is 3.28. The Hall–Kier alpha value is -0.810. The monoisotopic (exact) mass is 206 g/mol. The first-order valence-electron chi connectivity index (χ1n) is 3.06. The van der Waals surface area contributed by atoms with Crippen LogP contribution in [0.15, 0.2) is 18.5 Å². The fourth-order valence-electron chi connectivity index (χ4n) is 0.652. The van der Waals surface area contributed by atoms with Crippen molar-refractivity contribution in [2.24, 2.45) is 0 Å². The maximum absolute atomic E-state index is 10.8. The first-order chi connectivity index (χ1) is 5.49. The van der Waals surface area contributed by atoms with E-state index < -0.39 is 10.0 Å². The fraction of sp³-hybridized carbons (Fsp3) is 0.167. The van der Waals surface area contributed by atoms with Crippen LogP contribution in [0.2, 0.25) is 5.02 Å². The number of halogens is 1. The molecule has 0 spiro atoms. The lowest BCUT2D eigenvalue weighted by atomic mass is 10.4. The van der Waals surface area contributed by atoms with E-state index in [9.17, 15) is 8.42 Å². The van der Waals surface area contributed by atoms with Crippen molar-refractivity contribution in [3.63, 3.8) is 0 Å². The third kappa shape index (κ3) is 2.67. The van der Waals surface area contributed by atoms with Crippen LogP contribution in [0.5, 0.6) is 0 Å². The Labute approximate surface area is 75.6 Å². The number of hydrogen-bond donors (Lipinski definition) is 1. The van der Waals surface area contributed by atoms with E-state index in [0.717, 1.165) is 6.26 Å². The van der Waals surface area contributed by atoms with Gasteiger partial charge in [-0.2, -0.15) is 0 Å². The molecule has 0 unspecified atom stereocenters. The van der Waals surface area contributed by atoms with Crippen LogP contribution in [0.4, 0.5) is 5.69 Å². The van der Waals surface area contributed by atoms with Gasteiger partial charge in [-0.05, 0) is 6.07 Å². The van der Waals surface area contributed by atoms with E-state index in [4.69, 9.17) is 11.6 Å². The van der Waals surface area contributed by atoms with Crippen molar-refractivity contribution in [3.8, 4) is 0 Å². The van der Waals surface area contributed by atoms with Gasteiger partial charge in [0.15, 0.2) is 0 Å². The lowest BCUT2D eigenvalue weighted by molar-refractivity contribution is 0.607. The Bertz CT molecular complexity index is 377. The Balaban J connectivity index is 2.98. The van der Waals surface area contributed by atoms with Gasteiger partial charge in [-0.25, -0.2) is 8.42 Å². The molecule has 66 valence electrons. The predicted octanol–water partition coefficient (Wildman–Crippen LogP) is 1.11. The third-order valence-corrected chi connectivity index (χ3v) is 1.98. The molecule has 0 saturated heterocycles. The molecule has 0 aliphatic heterocycles.